The number of carbonyl (C=O) groups is 2. The number of carbonyl (C=O) groups excluding carboxylic acids is 2. The Bertz CT molecular complexity index is 2120. The van der Waals surface area contributed by atoms with E-state index >= 15 is 0 Å². The first-order chi connectivity index (χ1) is 26.8. The van der Waals surface area contributed by atoms with Crippen LogP contribution in [0.15, 0.2) is 65.5 Å². The smallest absolute Gasteiger partial charge is 0.282 e. The summed E-state index contributed by atoms with van der Waals surface area (Å²) in [4.78, 5) is 47.3. The molecule has 9 rings (SSSR count). The summed E-state index contributed by atoms with van der Waals surface area (Å²) in [5.41, 5.74) is 6.82. The predicted octanol–water partition coefficient (Wildman–Crippen LogP) is 7.72. The summed E-state index contributed by atoms with van der Waals surface area (Å²) in [5.74, 6) is 1.81. The largest absolute Gasteiger partial charge is 0.303 e. The fraction of sp³-hybridized carbons (Fsp3) is 0.522. The van der Waals surface area contributed by atoms with Crippen LogP contribution in [0.1, 0.15) is 111 Å². The second-order valence-corrected chi connectivity index (χ2v) is 17.7. The van der Waals surface area contributed by atoms with Crippen molar-refractivity contribution in [2.75, 3.05) is 39.3 Å². The molecule has 1 unspecified atom stereocenters. The molecule has 2 amide bonds. The SMILES string of the molecule is O=C1CCC(c2ccc(CC3CCN(CCCN4CCC(Cc5ccc6c(c5)C5(CCCCC5)c5nc(=O)c7c(Cl)cccc7n5-6)CC4)CC3)cc2)C(=O)N1. The maximum Gasteiger partial charge on any atom is 0.282 e. The molecule has 288 valence electrons. The number of hydrogen-bond donors (Lipinski definition) is 1. The van der Waals surface area contributed by atoms with E-state index in [4.69, 9.17) is 16.6 Å². The number of hydrogen-bond acceptors (Lipinski definition) is 6. The molecule has 1 atom stereocenters. The van der Waals surface area contributed by atoms with Gasteiger partial charge in [0.25, 0.3) is 5.56 Å². The van der Waals surface area contributed by atoms with Crippen molar-refractivity contribution in [1.82, 2.24) is 24.7 Å². The summed E-state index contributed by atoms with van der Waals surface area (Å²) in [6.07, 6.45) is 15.1. The first kappa shape index (κ1) is 36.8. The highest BCUT2D eigenvalue weighted by molar-refractivity contribution is 6.35. The molecular formula is C46H54ClN5O3. The molecule has 3 aromatic carbocycles. The summed E-state index contributed by atoms with van der Waals surface area (Å²) in [6, 6.07) is 21.4. The first-order valence-electron chi connectivity index (χ1n) is 21.1. The Balaban J connectivity index is 0.743. The standard InChI is InChI=1S/C46H54ClN5O3/c47-38-6-4-7-40-42(38)44(55)49-45-46(20-2-1-3-21-46)37-30-34(10-14-39(37)52(40)45)29-33-18-26-51(27-19-33)23-5-22-50-24-16-32(17-25-50)28-31-8-11-35(12-9-31)36-13-15-41(53)48-43(36)54/h4,6-12,14,30,32-33,36H,1-3,5,13,15-29H2,(H,48,53,54). The molecule has 4 aromatic rings. The van der Waals surface area contributed by atoms with Gasteiger partial charge >= 0.3 is 0 Å². The zero-order chi connectivity index (χ0) is 37.5. The number of amides is 2. The normalized spacial score (nSPS) is 22.2. The third-order valence-electron chi connectivity index (χ3n) is 13.9. The average molecular weight is 760 g/mol. The molecule has 4 fully saturated rings. The average Bonchev–Trinajstić information content (AvgIpc) is 3.44. The maximum absolute atomic E-state index is 13.3. The minimum Gasteiger partial charge on any atom is -0.303 e. The molecule has 0 radical (unpaired) electrons. The van der Waals surface area contributed by atoms with Crippen molar-refractivity contribution >= 4 is 34.3 Å². The molecule has 1 saturated carbocycles. The van der Waals surface area contributed by atoms with E-state index in [1.54, 1.807) is 6.07 Å². The lowest BCUT2D eigenvalue weighted by atomic mass is 9.69. The van der Waals surface area contributed by atoms with Crippen molar-refractivity contribution in [2.24, 2.45) is 11.8 Å². The van der Waals surface area contributed by atoms with Crippen molar-refractivity contribution in [1.29, 1.82) is 0 Å². The van der Waals surface area contributed by atoms with Gasteiger partial charge in [0.2, 0.25) is 11.8 Å². The van der Waals surface area contributed by atoms with Gasteiger partial charge in [-0.3, -0.25) is 24.3 Å². The monoisotopic (exact) mass is 759 g/mol. The molecule has 1 spiro atoms. The van der Waals surface area contributed by atoms with Crippen molar-refractivity contribution in [2.45, 2.75) is 101 Å². The van der Waals surface area contributed by atoms with E-state index < -0.39 is 0 Å². The number of fused-ring (bicyclic) bond motifs is 7. The highest BCUT2D eigenvalue weighted by atomic mass is 35.5. The van der Waals surface area contributed by atoms with Crippen LogP contribution in [0, 0.1) is 11.8 Å². The minimum atomic E-state index is -0.207. The molecule has 8 nitrogen and oxygen atoms in total. The van der Waals surface area contributed by atoms with Gasteiger partial charge in [0.1, 0.15) is 5.82 Å². The van der Waals surface area contributed by atoms with Gasteiger partial charge in [0.15, 0.2) is 0 Å². The number of halogens is 1. The summed E-state index contributed by atoms with van der Waals surface area (Å²) in [6.45, 7) is 7.13. The number of aromatic nitrogens is 2. The molecule has 1 N–H and O–H groups in total. The van der Waals surface area contributed by atoms with Crippen LogP contribution in [0.4, 0.5) is 0 Å². The number of likely N-dealkylation sites (tertiary alicyclic amines) is 2. The van der Waals surface area contributed by atoms with E-state index in [0.29, 0.717) is 35.1 Å². The summed E-state index contributed by atoms with van der Waals surface area (Å²) >= 11 is 6.56. The van der Waals surface area contributed by atoms with Gasteiger partial charge in [0, 0.05) is 6.42 Å². The Morgan fingerprint density at radius 1 is 0.764 bits per heavy atom. The van der Waals surface area contributed by atoms with Gasteiger partial charge in [-0.05, 0) is 156 Å². The van der Waals surface area contributed by atoms with Crippen LogP contribution >= 0.6 is 11.6 Å². The summed E-state index contributed by atoms with van der Waals surface area (Å²) in [7, 11) is 0. The van der Waals surface area contributed by atoms with Crippen LogP contribution in [-0.2, 0) is 27.8 Å². The molecule has 5 aliphatic rings. The van der Waals surface area contributed by atoms with Gasteiger partial charge in [-0.25, -0.2) is 0 Å². The van der Waals surface area contributed by atoms with Crippen molar-refractivity contribution in [3.63, 3.8) is 0 Å². The van der Waals surface area contributed by atoms with E-state index in [-0.39, 0.29) is 28.7 Å². The van der Waals surface area contributed by atoms with Crippen LogP contribution in [0.2, 0.25) is 5.02 Å². The Labute approximate surface area is 329 Å². The molecule has 1 aromatic heterocycles. The Morgan fingerprint density at radius 2 is 1.42 bits per heavy atom. The van der Waals surface area contributed by atoms with Gasteiger partial charge in [-0.2, -0.15) is 4.98 Å². The molecule has 55 heavy (non-hydrogen) atoms. The Kier molecular flexibility index (Phi) is 10.4. The number of benzene rings is 3. The zero-order valence-corrected chi connectivity index (χ0v) is 32.8. The fourth-order valence-corrected chi connectivity index (χ4v) is 11.0. The van der Waals surface area contributed by atoms with Gasteiger partial charge in [0.05, 0.1) is 32.9 Å². The lowest BCUT2D eigenvalue weighted by Crippen LogP contribution is -2.39. The molecule has 1 aliphatic carbocycles. The lowest BCUT2D eigenvalue weighted by Gasteiger charge is -2.35. The highest BCUT2D eigenvalue weighted by Crippen LogP contribution is 2.52. The topological polar surface area (TPSA) is 87.5 Å². The molecule has 4 aliphatic heterocycles. The first-order valence-corrected chi connectivity index (χ1v) is 21.5. The lowest BCUT2D eigenvalue weighted by molar-refractivity contribution is -0.134. The minimum absolute atomic E-state index is 0.159. The number of nitrogens with zero attached hydrogens (tertiary/aromatic N) is 4. The van der Waals surface area contributed by atoms with E-state index in [1.807, 2.05) is 12.1 Å². The van der Waals surface area contributed by atoms with E-state index in [0.717, 1.165) is 55.4 Å². The quantitative estimate of drug-likeness (QED) is 0.176. The second kappa shape index (κ2) is 15.6. The molecule has 3 saturated heterocycles. The third-order valence-corrected chi connectivity index (χ3v) is 14.2. The number of imide groups is 1. The predicted molar refractivity (Wildman–Crippen MR) is 218 cm³/mol. The van der Waals surface area contributed by atoms with Crippen LogP contribution in [-0.4, -0.2) is 70.4 Å². The number of nitrogens with one attached hydrogen (secondary N) is 1. The third kappa shape index (κ3) is 7.31. The summed E-state index contributed by atoms with van der Waals surface area (Å²) < 4.78 is 2.25. The maximum atomic E-state index is 13.3. The highest BCUT2D eigenvalue weighted by Gasteiger charge is 2.46. The van der Waals surface area contributed by atoms with Crippen LogP contribution < -0.4 is 10.9 Å². The summed E-state index contributed by atoms with van der Waals surface area (Å²) in [5, 5.41) is 3.48. The van der Waals surface area contributed by atoms with Crippen LogP contribution in [0.5, 0.6) is 0 Å². The van der Waals surface area contributed by atoms with E-state index in [9.17, 15) is 14.4 Å². The Morgan fingerprint density at radius 3 is 2.09 bits per heavy atom. The zero-order valence-electron chi connectivity index (χ0n) is 32.0. The van der Waals surface area contributed by atoms with Gasteiger partial charge < -0.3 is 9.80 Å². The number of piperidine rings is 3. The molecular weight excluding hydrogens is 706 g/mol. The molecule has 5 heterocycles. The van der Waals surface area contributed by atoms with E-state index in [1.165, 1.54) is 100 Å². The molecule has 0 bridgehead atoms. The fourth-order valence-electron chi connectivity index (χ4n) is 10.8. The Hall–Kier alpha value is -3.85. The van der Waals surface area contributed by atoms with Crippen LogP contribution in [0.25, 0.3) is 16.6 Å². The van der Waals surface area contributed by atoms with Crippen LogP contribution in [0.3, 0.4) is 0 Å². The second-order valence-electron chi connectivity index (χ2n) is 17.3. The van der Waals surface area contributed by atoms with Gasteiger partial charge in [-0.1, -0.05) is 73.3 Å². The van der Waals surface area contributed by atoms with E-state index in [2.05, 4.69) is 62.1 Å². The van der Waals surface area contributed by atoms with Crippen molar-refractivity contribution in [3.8, 4) is 5.69 Å². The number of rotatable bonds is 9. The van der Waals surface area contributed by atoms with Crippen molar-refractivity contribution < 1.29 is 9.59 Å². The van der Waals surface area contributed by atoms with Gasteiger partial charge in [-0.15, -0.1) is 0 Å². The molecule has 9 heteroatoms. The van der Waals surface area contributed by atoms with Crippen molar-refractivity contribution in [3.05, 3.63) is 104 Å².